The Balaban J connectivity index is 1.66. The first-order valence-electron chi connectivity index (χ1n) is 11.4. The van der Waals surface area contributed by atoms with Crippen LogP contribution in [0.1, 0.15) is 85.0 Å². The van der Waals surface area contributed by atoms with Gasteiger partial charge in [0, 0.05) is 22.9 Å². The zero-order valence-corrected chi connectivity index (χ0v) is 17.9. The van der Waals surface area contributed by atoms with Crippen molar-refractivity contribution in [1.82, 2.24) is 5.32 Å². The van der Waals surface area contributed by atoms with Crippen LogP contribution < -0.4 is 5.32 Å². The standard InChI is InChI=1S/C24H37NO3/c1-5-6-14-25-20(27)22(4)11-7-10-21(3)17(22)8-12-23-15-24(28,13-9-18(21)23)16(2)19(23)26/h17-18,28H,2,5-15H2,1,3-4H3,(H,25,27)/t17?,18-,21+,22+,23+,24+/m0/s1. The molecule has 4 fully saturated rings. The van der Waals surface area contributed by atoms with Gasteiger partial charge in [-0.1, -0.05) is 40.2 Å². The number of carbonyl (C=O) groups excluding carboxylic acids is 2. The SMILES string of the molecule is C=C1C(=O)[C@@]23CCC4[C@](C)(C(=O)NCCCC)CCC[C@@]4(C)[C@@H]2CC[C@@]1(O)C3. The van der Waals surface area contributed by atoms with E-state index >= 15 is 0 Å². The molecule has 0 aliphatic heterocycles. The molecule has 4 aliphatic rings. The molecule has 28 heavy (non-hydrogen) atoms. The van der Waals surface area contributed by atoms with Crippen LogP contribution in [0.5, 0.6) is 0 Å². The Kier molecular flexibility index (Phi) is 4.61. The Labute approximate surface area is 169 Å². The molecule has 0 radical (unpaired) electrons. The minimum atomic E-state index is -0.980. The van der Waals surface area contributed by atoms with Gasteiger partial charge in [0.25, 0.3) is 0 Å². The van der Waals surface area contributed by atoms with Gasteiger partial charge in [0.1, 0.15) is 0 Å². The number of amides is 1. The number of carbonyl (C=O) groups is 2. The van der Waals surface area contributed by atoms with E-state index in [2.05, 4.69) is 32.7 Å². The van der Waals surface area contributed by atoms with Crippen LogP contribution in [0.2, 0.25) is 0 Å². The van der Waals surface area contributed by atoms with Gasteiger partial charge in [-0.3, -0.25) is 9.59 Å². The summed E-state index contributed by atoms with van der Waals surface area (Å²) in [5.41, 5.74) is -1.34. The van der Waals surface area contributed by atoms with E-state index in [1.165, 1.54) is 0 Å². The number of hydrogen-bond acceptors (Lipinski definition) is 3. The van der Waals surface area contributed by atoms with Crippen LogP contribution in [0.15, 0.2) is 12.2 Å². The van der Waals surface area contributed by atoms with Gasteiger partial charge in [0.05, 0.1) is 5.60 Å². The van der Waals surface area contributed by atoms with Crippen LogP contribution >= 0.6 is 0 Å². The van der Waals surface area contributed by atoms with Gasteiger partial charge in [0.2, 0.25) is 5.91 Å². The molecule has 0 aromatic carbocycles. The summed E-state index contributed by atoms with van der Waals surface area (Å²) < 4.78 is 0. The van der Waals surface area contributed by atoms with Crippen molar-refractivity contribution < 1.29 is 14.7 Å². The van der Waals surface area contributed by atoms with Crippen LogP contribution in [-0.4, -0.2) is 28.9 Å². The second kappa shape index (κ2) is 6.42. The molecule has 0 saturated heterocycles. The first-order chi connectivity index (χ1) is 13.1. The predicted octanol–water partition coefficient (Wildman–Crippen LogP) is 4.17. The zero-order valence-electron chi connectivity index (χ0n) is 17.9. The molecule has 0 heterocycles. The molecular weight excluding hydrogens is 350 g/mol. The smallest absolute Gasteiger partial charge is 0.226 e. The Morgan fingerprint density at radius 3 is 2.61 bits per heavy atom. The second-order valence-corrected chi connectivity index (χ2v) is 10.7. The van der Waals surface area contributed by atoms with Gasteiger partial charge < -0.3 is 10.4 Å². The molecule has 156 valence electrons. The Hall–Kier alpha value is -1.16. The van der Waals surface area contributed by atoms with Crippen molar-refractivity contribution in [3.05, 3.63) is 12.2 Å². The molecule has 4 aliphatic carbocycles. The third kappa shape index (κ3) is 2.45. The van der Waals surface area contributed by atoms with E-state index in [0.717, 1.165) is 57.9 Å². The maximum atomic E-state index is 13.3. The van der Waals surface area contributed by atoms with Gasteiger partial charge in [-0.25, -0.2) is 0 Å². The summed E-state index contributed by atoms with van der Waals surface area (Å²) in [6.07, 6.45) is 8.95. The fourth-order valence-electron chi connectivity index (χ4n) is 7.97. The summed E-state index contributed by atoms with van der Waals surface area (Å²) in [7, 11) is 0. The molecule has 4 saturated carbocycles. The number of unbranched alkanes of at least 4 members (excludes halogenated alkanes) is 1. The lowest BCUT2D eigenvalue weighted by molar-refractivity contribution is -0.178. The van der Waals surface area contributed by atoms with Gasteiger partial charge >= 0.3 is 0 Å². The topological polar surface area (TPSA) is 66.4 Å². The average molecular weight is 388 g/mol. The van der Waals surface area contributed by atoms with Gasteiger partial charge in [-0.2, -0.15) is 0 Å². The minimum Gasteiger partial charge on any atom is -0.385 e. The van der Waals surface area contributed by atoms with E-state index in [-0.39, 0.29) is 28.4 Å². The third-order valence-corrected chi connectivity index (χ3v) is 9.40. The summed E-state index contributed by atoms with van der Waals surface area (Å²) in [5.74, 6) is 0.895. The van der Waals surface area contributed by atoms with E-state index in [9.17, 15) is 14.7 Å². The van der Waals surface area contributed by atoms with E-state index in [4.69, 9.17) is 0 Å². The highest BCUT2D eigenvalue weighted by atomic mass is 16.3. The normalized spacial score (nSPS) is 47.4. The summed E-state index contributed by atoms with van der Waals surface area (Å²) in [6.45, 7) is 11.4. The first-order valence-corrected chi connectivity index (χ1v) is 11.4. The lowest BCUT2D eigenvalue weighted by Crippen LogP contribution is -2.61. The molecule has 2 bridgehead atoms. The van der Waals surface area contributed by atoms with Crippen LogP contribution in [0.25, 0.3) is 0 Å². The number of Topliss-reactive ketones (excluding diaryl/α,β-unsaturated/α-hetero) is 1. The fourth-order valence-corrected chi connectivity index (χ4v) is 7.97. The number of hydrogen-bond donors (Lipinski definition) is 2. The fraction of sp³-hybridized carbons (Fsp3) is 0.833. The van der Waals surface area contributed by atoms with Crippen molar-refractivity contribution in [2.45, 2.75) is 90.6 Å². The number of nitrogens with one attached hydrogen (secondary N) is 1. The van der Waals surface area contributed by atoms with E-state index in [1.54, 1.807) is 0 Å². The van der Waals surface area contributed by atoms with Crippen LogP contribution in [0.3, 0.4) is 0 Å². The number of ketones is 1. The zero-order chi connectivity index (χ0) is 20.4. The molecule has 4 nitrogen and oxygen atoms in total. The maximum Gasteiger partial charge on any atom is 0.226 e. The molecule has 1 spiro atoms. The van der Waals surface area contributed by atoms with E-state index < -0.39 is 11.0 Å². The van der Waals surface area contributed by atoms with Crippen molar-refractivity contribution in [2.75, 3.05) is 6.54 Å². The molecule has 1 unspecified atom stereocenters. The molecule has 4 rings (SSSR count). The molecule has 4 heteroatoms. The lowest BCUT2D eigenvalue weighted by Gasteiger charge is -2.63. The lowest BCUT2D eigenvalue weighted by atomic mass is 9.40. The van der Waals surface area contributed by atoms with Gasteiger partial charge in [0.15, 0.2) is 5.78 Å². The van der Waals surface area contributed by atoms with Crippen LogP contribution in [0, 0.1) is 28.1 Å². The molecular formula is C24H37NO3. The Bertz CT molecular complexity index is 717. The largest absolute Gasteiger partial charge is 0.385 e. The highest BCUT2D eigenvalue weighted by Crippen LogP contribution is 2.71. The summed E-state index contributed by atoms with van der Waals surface area (Å²) in [6, 6.07) is 0. The quantitative estimate of drug-likeness (QED) is 0.562. The molecule has 0 aromatic heterocycles. The van der Waals surface area contributed by atoms with E-state index in [0.29, 0.717) is 24.3 Å². The number of aliphatic hydroxyl groups is 1. The van der Waals surface area contributed by atoms with Crippen molar-refractivity contribution in [3.8, 4) is 0 Å². The van der Waals surface area contributed by atoms with Crippen LogP contribution in [0.4, 0.5) is 0 Å². The second-order valence-electron chi connectivity index (χ2n) is 10.7. The van der Waals surface area contributed by atoms with Crippen molar-refractivity contribution in [1.29, 1.82) is 0 Å². The van der Waals surface area contributed by atoms with Crippen LogP contribution in [-0.2, 0) is 9.59 Å². The first kappa shape index (κ1) is 20.1. The minimum absolute atomic E-state index is 0.0189. The Morgan fingerprint density at radius 2 is 1.89 bits per heavy atom. The van der Waals surface area contributed by atoms with Gasteiger partial charge in [-0.05, 0) is 68.6 Å². The third-order valence-electron chi connectivity index (χ3n) is 9.40. The highest BCUT2D eigenvalue weighted by Gasteiger charge is 2.70. The monoisotopic (exact) mass is 387 g/mol. The molecule has 0 aromatic rings. The summed E-state index contributed by atoms with van der Waals surface area (Å²) in [4.78, 5) is 26.5. The van der Waals surface area contributed by atoms with E-state index in [1.807, 2.05) is 0 Å². The molecule has 2 N–H and O–H groups in total. The Morgan fingerprint density at radius 1 is 1.18 bits per heavy atom. The summed E-state index contributed by atoms with van der Waals surface area (Å²) >= 11 is 0. The average Bonchev–Trinajstić information content (AvgIpc) is 2.78. The number of rotatable bonds is 4. The molecule has 6 atom stereocenters. The molecule has 1 amide bonds. The van der Waals surface area contributed by atoms with Crippen molar-refractivity contribution in [3.63, 3.8) is 0 Å². The maximum absolute atomic E-state index is 13.3. The van der Waals surface area contributed by atoms with Gasteiger partial charge in [-0.15, -0.1) is 0 Å². The predicted molar refractivity (Wildman–Crippen MR) is 110 cm³/mol. The van der Waals surface area contributed by atoms with Crippen molar-refractivity contribution >= 4 is 11.7 Å². The summed E-state index contributed by atoms with van der Waals surface area (Å²) in [5, 5.41) is 14.2. The van der Waals surface area contributed by atoms with Crippen molar-refractivity contribution in [2.24, 2.45) is 28.1 Å². The highest BCUT2D eigenvalue weighted by molar-refractivity contribution is 6.04. The number of fused-ring (bicyclic) bond motifs is 3.